The Morgan fingerprint density at radius 1 is 1.09 bits per heavy atom. The highest BCUT2D eigenvalue weighted by Crippen LogP contribution is 2.29. The Balaban J connectivity index is 1.74. The van der Waals surface area contributed by atoms with Crippen LogP contribution in [0.2, 0.25) is 0 Å². The van der Waals surface area contributed by atoms with Crippen molar-refractivity contribution in [2.24, 2.45) is 0 Å². The number of carbonyl (C=O) groups is 2. The normalized spacial score (nSPS) is 10.7. The number of methoxy groups -OCH3 is 1. The molecule has 0 aliphatic carbocycles. The summed E-state index contributed by atoms with van der Waals surface area (Å²) in [5.41, 5.74) is 0.450. The van der Waals surface area contributed by atoms with E-state index >= 15 is 0 Å². The van der Waals surface area contributed by atoms with Crippen LogP contribution in [0.5, 0.6) is 11.5 Å². The zero-order chi connectivity index (χ0) is 24.7. The molecule has 0 unspecified atom stereocenters. The van der Waals surface area contributed by atoms with Crippen LogP contribution >= 0.6 is 15.9 Å². The fraction of sp³-hybridized carbons (Fsp3) is 0.0417. The number of nitrogens with zero attached hydrogens (tertiary/aromatic N) is 2. The average Bonchev–Trinajstić information content (AvgIpc) is 2.83. The molecule has 0 saturated heterocycles. The summed E-state index contributed by atoms with van der Waals surface area (Å²) in [5, 5.41) is 22.9. The number of nitrogens with one attached hydrogen (secondary N) is 1. The number of nitro groups is 1. The van der Waals surface area contributed by atoms with Gasteiger partial charge in [0.1, 0.15) is 23.1 Å². The Morgan fingerprint density at radius 3 is 2.35 bits per heavy atom. The summed E-state index contributed by atoms with van der Waals surface area (Å²) in [6.45, 7) is 0. The molecule has 3 aromatic rings. The lowest BCUT2D eigenvalue weighted by Gasteiger charge is -2.09. The van der Waals surface area contributed by atoms with Crippen LogP contribution in [-0.2, 0) is 4.79 Å². The van der Waals surface area contributed by atoms with E-state index in [2.05, 4.69) is 21.2 Å². The molecule has 10 heteroatoms. The Bertz CT molecular complexity index is 1310. The second-order valence-electron chi connectivity index (χ2n) is 6.73. The van der Waals surface area contributed by atoms with Crippen LogP contribution in [0.25, 0.3) is 6.08 Å². The molecule has 0 radical (unpaired) electrons. The highest BCUT2D eigenvalue weighted by atomic mass is 79.9. The molecule has 0 saturated carbocycles. The van der Waals surface area contributed by atoms with E-state index in [9.17, 15) is 25.0 Å². The number of carbonyl (C=O) groups excluding carboxylic acids is 2. The summed E-state index contributed by atoms with van der Waals surface area (Å²) in [5.74, 6) is -0.812. The predicted octanol–water partition coefficient (Wildman–Crippen LogP) is 5.13. The third-order valence-electron chi connectivity index (χ3n) is 4.49. The Hall–Kier alpha value is -4.49. The van der Waals surface area contributed by atoms with Gasteiger partial charge in [0.25, 0.3) is 11.6 Å². The first kappa shape index (κ1) is 24.2. The maximum atomic E-state index is 12.6. The minimum absolute atomic E-state index is 0.0538. The Kier molecular flexibility index (Phi) is 7.74. The minimum atomic E-state index is -0.771. The molecule has 0 fully saturated rings. The van der Waals surface area contributed by atoms with Gasteiger partial charge in [-0.15, -0.1) is 0 Å². The van der Waals surface area contributed by atoms with Gasteiger partial charge in [0.2, 0.25) is 0 Å². The molecule has 0 aliphatic rings. The van der Waals surface area contributed by atoms with E-state index in [1.807, 2.05) is 0 Å². The molecule has 3 aromatic carbocycles. The van der Waals surface area contributed by atoms with Crippen molar-refractivity contribution in [1.29, 1.82) is 5.26 Å². The molecule has 170 valence electrons. The van der Waals surface area contributed by atoms with Crippen molar-refractivity contribution in [3.63, 3.8) is 0 Å². The molecule has 9 nitrogen and oxygen atoms in total. The third-order valence-corrected chi connectivity index (χ3v) is 5.02. The van der Waals surface area contributed by atoms with Crippen LogP contribution in [0.15, 0.2) is 76.8 Å². The van der Waals surface area contributed by atoms with Gasteiger partial charge in [-0.05, 0) is 54.1 Å². The number of hydrogen-bond acceptors (Lipinski definition) is 7. The number of non-ortho nitro benzene ring substituents is 1. The highest BCUT2D eigenvalue weighted by molar-refractivity contribution is 9.10. The van der Waals surface area contributed by atoms with E-state index in [1.165, 1.54) is 37.5 Å². The number of hydrogen-bond donors (Lipinski definition) is 1. The molecule has 0 heterocycles. The first-order valence-electron chi connectivity index (χ1n) is 9.64. The van der Waals surface area contributed by atoms with E-state index in [0.29, 0.717) is 11.1 Å². The minimum Gasteiger partial charge on any atom is -0.495 e. The van der Waals surface area contributed by atoms with Crippen molar-refractivity contribution >= 4 is 45.3 Å². The molecule has 0 atom stereocenters. The van der Waals surface area contributed by atoms with Crippen LogP contribution < -0.4 is 14.8 Å². The van der Waals surface area contributed by atoms with Crippen molar-refractivity contribution in [3.8, 4) is 17.6 Å². The zero-order valence-corrected chi connectivity index (χ0v) is 19.2. The number of benzene rings is 3. The Labute approximate surface area is 202 Å². The van der Waals surface area contributed by atoms with Gasteiger partial charge in [-0.1, -0.05) is 28.1 Å². The van der Waals surface area contributed by atoms with Crippen molar-refractivity contribution in [2.45, 2.75) is 0 Å². The highest BCUT2D eigenvalue weighted by Gasteiger charge is 2.16. The summed E-state index contributed by atoms with van der Waals surface area (Å²) >= 11 is 3.30. The Morgan fingerprint density at radius 2 is 1.76 bits per heavy atom. The standard InChI is InChI=1S/C24H16BrN3O6/c1-33-22-11-8-19(28(31)32)13-21(22)27-23(29)17(14-26)12-15-2-9-20(10-3-15)34-24(30)16-4-6-18(25)7-5-16/h2-13H,1H3,(H,27,29)/b17-12+. The average molecular weight is 522 g/mol. The second kappa shape index (κ2) is 10.9. The zero-order valence-electron chi connectivity index (χ0n) is 17.7. The molecule has 0 bridgehead atoms. The van der Waals surface area contributed by atoms with Gasteiger partial charge in [0.15, 0.2) is 0 Å². The summed E-state index contributed by atoms with van der Waals surface area (Å²) in [7, 11) is 1.35. The van der Waals surface area contributed by atoms with Gasteiger partial charge in [-0.2, -0.15) is 5.26 Å². The van der Waals surface area contributed by atoms with Crippen molar-refractivity contribution < 1.29 is 24.0 Å². The SMILES string of the molecule is COc1ccc([N+](=O)[O-])cc1NC(=O)/C(C#N)=C/c1ccc(OC(=O)c2ccc(Br)cc2)cc1. The van der Waals surface area contributed by atoms with Crippen molar-refractivity contribution in [1.82, 2.24) is 0 Å². The van der Waals surface area contributed by atoms with Gasteiger partial charge < -0.3 is 14.8 Å². The molecule has 0 aliphatic heterocycles. The summed E-state index contributed by atoms with van der Waals surface area (Å²) in [4.78, 5) is 35.2. The van der Waals surface area contributed by atoms with Crippen LogP contribution in [0.4, 0.5) is 11.4 Å². The number of ether oxygens (including phenoxy) is 2. The lowest BCUT2D eigenvalue weighted by atomic mass is 10.1. The van der Waals surface area contributed by atoms with E-state index in [4.69, 9.17) is 9.47 Å². The fourth-order valence-electron chi connectivity index (χ4n) is 2.80. The van der Waals surface area contributed by atoms with Crippen LogP contribution in [-0.4, -0.2) is 23.9 Å². The number of nitro benzene ring substituents is 1. The molecular formula is C24H16BrN3O6. The smallest absolute Gasteiger partial charge is 0.343 e. The molecule has 3 rings (SSSR count). The summed E-state index contributed by atoms with van der Waals surface area (Å²) < 4.78 is 11.3. The van der Waals surface area contributed by atoms with E-state index < -0.39 is 16.8 Å². The summed E-state index contributed by atoms with van der Waals surface area (Å²) in [6, 6.07) is 18.4. The number of halogens is 1. The van der Waals surface area contributed by atoms with E-state index in [-0.39, 0.29) is 28.4 Å². The largest absolute Gasteiger partial charge is 0.495 e. The van der Waals surface area contributed by atoms with E-state index in [0.717, 1.165) is 10.5 Å². The lowest BCUT2D eigenvalue weighted by molar-refractivity contribution is -0.384. The topological polar surface area (TPSA) is 132 Å². The third kappa shape index (κ3) is 6.05. The van der Waals surface area contributed by atoms with Gasteiger partial charge >= 0.3 is 5.97 Å². The lowest BCUT2D eigenvalue weighted by Crippen LogP contribution is -2.14. The first-order chi connectivity index (χ1) is 16.3. The molecule has 0 spiro atoms. The molecule has 0 aromatic heterocycles. The van der Waals surface area contributed by atoms with Crippen LogP contribution in [0.1, 0.15) is 15.9 Å². The number of rotatable bonds is 7. The van der Waals surface area contributed by atoms with Gasteiger partial charge in [0, 0.05) is 16.6 Å². The van der Waals surface area contributed by atoms with Gasteiger partial charge in [0.05, 0.1) is 23.3 Å². The maximum absolute atomic E-state index is 12.6. The number of esters is 1. The number of anilines is 1. The van der Waals surface area contributed by atoms with Crippen LogP contribution in [0, 0.1) is 21.4 Å². The second-order valence-corrected chi connectivity index (χ2v) is 7.65. The van der Waals surface area contributed by atoms with Crippen molar-refractivity contribution in [3.05, 3.63) is 98.0 Å². The molecule has 34 heavy (non-hydrogen) atoms. The van der Waals surface area contributed by atoms with Crippen molar-refractivity contribution in [2.75, 3.05) is 12.4 Å². The van der Waals surface area contributed by atoms with Gasteiger partial charge in [-0.25, -0.2) is 4.79 Å². The first-order valence-corrected chi connectivity index (χ1v) is 10.4. The van der Waals surface area contributed by atoms with Crippen LogP contribution in [0.3, 0.4) is 0 Å². The maximum Gasteiger partial charge on any atom is 0.343 e. The molecule has 1 N–H and O–H groups in total. The molecular weight excluding hydrogens is 506 g/mol. The van der Waals surface area contributed by atoms with Gasteiger partial charge in [-0.3, -0.25) is 14.9 Å². The quantitative estimate of drug-likeness (QED) is 0.114. The predicted molar refractivity (Wildman–Crippen MR) is 127 cm³/mol. The summed E-state index contributed by atoms with van der Waals surface area (Å²) in [6.07, 6.45) is 1.33. The number of nitriles is 1. The van der Waals surface area contributed by atoms with E-state index in [1.54, 1.807) is 42.5 Å². The fourth-order valence-corrected chi connectivity index (χ4v) is 3.06. The monoisotopic (exact) mass is 521 g/mol. The number of amides is 1. The molecule has 1 amide bonds.